The fourth-order valence-electron chi connectivity index (χ4n) is 10.1. The standard InChI is InChI=1S/C40H68N2O13/c1-15-27-40(11)33(53-37(46)55-40)21(4)29-19(2)17-39(10,54-36(45)41-29)32(52-35-30(43)26(42(12)13)16-20(3)48-35)22(5)31(23(6)34(44)50-27)51-28-18-38(9,47-14)24(7)25(8)49-28/h19-33,35,43H,15-18H2,1-14H3,(H,41,45)/t19-,20-,21+,22+,23-,24+,25+,26+,27-,28+,29+,30-,31+,32-,33-,35+,38-,39+,40-/m1/s1. The SMILES string of the molecule is CC[C@H]1OC(=O)[C@H](C)[C@@H](O[C@H]2C[C@@](C)(OC)[C@@H](C)[C@H](C)O2)[C@H](C)[C@@H](O[C@@H]2O[C@H](C)C[C@H](N(C)C)[C@H]2O)[C@]2(C)C[C@@H](C)[C@H](NC(=O)O2)[C@H](C)[C@H]2OC(=O)O[C@@]21C. The number of nitrogens with zero attached hydrogens (tertiary/aromatic N) is 1. The van der Waals surface area contributed by atoms with Crippen molar-refractivity contribution >= 4 is 18.2 Å². The van der Waals surface area contributed by atoms with Crippen LogP contribution >= 0.6 is 0 Å². The van der Waals surface area contributed by atoms with E-state index in [-0.39, 0.29) is 30.1 Å². The molecule has 5 heterocycles. The Labute approximate surface area is 327 Å². The van der Waals surface area contributed by atoms with Crippen molar-refractivity contribution in [2.24, 2.45) is 29.6 Å². The van der Waals surface area contributed by atoms with Crippen molar-refractivity contribution in [1.82, 2.24) is 10.2 Å². The Hall–Kier alpha value is -2.27. The number of fused-ring (bicyclic) bond motifs is 4. The lowest BCUT2D eigenvalue weighted by atomic mass is 9.72. The van der Waals surface area contributed by atoms with Crippen molar-refractivity contribution in [3.8, 4) is 0 Å². The van der Waals surface area contributed by atoms with Gasteiger partial charge in [0.05, 0.1) is 29.8 Å². The summed E-state index contributed by atoms with van der Waals surface area (Å²) >= 11 is 0. The van der Waals surface area contributed by atoms with Crippen LogP contribution in [-0.2, 0) is 47.4 Å². The highest BCUT2D eigenvalue weighted by atomic mass is 16.8. The highest BCUT2D eigenvalue weighted by Gasteiger charge is 2.60. The number of cyclic esters (lactones) is 1. The summed E-state index contributed by atoms with van der Waals surface area (Å²) in [5, 5.41) is 14.8. The van der Waals surface area contributed by atoms with Crippen LogP contribution in [0.15, 0.2) is 0 Å². The zero-order valence-electron chi connectivity index (χ0n) is 35.4. The Morgan fingerprint density at radius 3 is 2.20 bits per heavy atom. The van der Waals surface area contributed by atoms with E-state index in [4.69, 9.17) is 42.6 Å². The largest absolute Gasteiger partial charge is 0.509 e. The minimum atomic E-state index is -1.37. The fraction of sp³-hybridized carbons (Fsp3) is 0.925. The molecule has 5 fully saturated rings. The Bertz CT molecular complexity index is 1390. The summed E-state index contributed by atoms with van der Waals surface area (Å²) in [6.45, 7) is 20.9. The van der Waals surface area contributed by atoms with Gasteiger partial charge in [-0.15, -0.1) is 0 Å². The van der Waals surface area contributed by atoms with Gasteiger partial charge in [-0.3, -0.25) is 4.79 Å². The first-order valence-corrected chi connectivity index (χ1v) is 20.2. The van der Waals surface area contributed by atoms with Crippen LogP contribution in [0.4, 0.5) is 9.59 Å². The molecule has 0 aromatic heterocycles. The summed E-state index contributed by atoms with van der Waals surface area (Å²) < 4.78 is 57.0. The van der Waals surface area contributed by atoms with Crippen LogP contribution in [0.5, 0.6) is 0 Å². The first-order valence-electron chi connectivity index (χ1n) is 20.2. The van der Waals surface area contributed by atoms with Gasteiger partial charge in [0.1, 0.15) is 23.9 Å². The lowest BCUT2D eigenvalue weighted by Gasteiger charge is -2.49. The number of hydrogen-bond donors (Lipinski definition) is 2. The van der Waals surface area contributed by atoms with E-state index in [0.717, 1.165) is 0 Å². The number of methoxy groups -OCH3 is 1. The van der Waals surface area contributed by atoms with Gasteiger partial charge in [0, 0.05) is 43.4 Å². The molecule has 5 saturated heterocycles. The lowest BCUT2D eigenvalue weighted by Crippen LogP contribution is -2.61. The van der Waals surface area contributed by atoms with E-state index < -0.39 is 102 Å². The molecule has 0 spiro atoms. The molecule has 2 bridgehead atoms. The van der Waals surface area contributed by atoms with Crippen molar-refractivity contribution in [2.45, 2.75) is 186 Å². The van der Waals surface area contributed by atoms with Gasteiger partial charge in [-0.1, -0.05) is 34.6 Å². The molecule has 0 unspecified atom stereocenters. The van der Waals surface area contributed by atoms with Crippen molar-refractivity contribution in [3.05, 3.63) is 0 Å². The van der Waals surface area contributed by atoms with Crippen LogP contribution in [0.3, 0.4) is 0 Å². The molecule has 5 aliphatic rings. The van der Waals surface area contributed by atoms with Crippen LogP contribution in [0.2, 0.25) is 0 Å². The summed E-state index contributed by atoms with van der Waals surface area (Å²) in [7, 11) is 5.46. The van der Waals surface area contributed by atoms with Gasteiger partial charge >= 0.3 is 18.2 Å². The van der Waals surface area contributed by atoms with E-state index in [9.17, 15) is 19.5 Å². The van der Waals surface area contributed by atoms with Crippen molar-refractivity contribution in [3.63, 3.8) is 0 Å². The van der Waals surface area contributed by atoms with Crippen molar-refractivity contribution in [1.29, 1.82) is 0 Å². The summed E-state index contributed by atoms with van der Waals surface area (Å²) in [6, 6.07) is -0.826. The molecule has 2 N–H and O–H groups in total. The number of alkyl carbamates (subject to hydrolysis) is 1. The Morgan fingerprint density at radius 1 is 0.909 bits per heavy atom. The number of aliphatic hydroxyl groups excluding tert-OH is 1. The summed E-state index contributed by atoms with van der Waals surface area (Å²) in [5.41, 5.74) is -3.31. The quantitative estimate of drug-likeness (QED) is 0.267. The van der Waals surface area contributed by atoms with E-state index in [1.807, 2.05) is 74.4 Å². The third kappa shape index (κ3) is 8.49. The number of carbonyl (C=O) groups excluding carboxylic acids is 3. The van der Waals surface area contributed by atoms with Gasteiger partial charge in [-0.25, -0.2) is 9.59 Å². The van der Waals surface area contributed by atoms with Gasteiger partial charge < -0.3 is 58.0 Å². The van der Waals surface area contributed by atoms with E-state index in [0.29, 0.717) is 25.7 Å². The van der Waals surface area contributed by atoms with Gasteiger partial charge in [-0.2, -0.15) is 0 Å². The van der Waals surface area contributed by atoms with Gasteiger partial charge in [0.25, 0.3) is 0 Å². The molecule has 0 aromatic carbocycles. The van der Waals surface area contributed by atoms with Crippen LogP contribution in [0.1, 0.15) is 102 Å². The molecule has 0 aromatic rings. The molecule has 1 amide bonds. The Kier molecular flexibility index (Phi) is 13.2. The predicted octanol–water partition coefficient (Wildman–Crippen LogP) is 4.79. The minimum absolute atomic E-state index is 0.0396. The molecule has 5 aliphatic heterocycles. The molecular weight excluding hydrogens is 716 g/mol. The van der Waals surface area contributed by atoms with Crippen LogP contribution in [-0.4, -0.2) is 134 Å². The fourth-order valence-corrected chi connectivity index (χ4v) is 10.1. The van der Waals surface area contributed by atoms with Crippen LogP contribution in [0, 0.1) is 29.6 Å². The topological polar surface area (TPSA) is 170 Å². The second-order valence-corrected chi connectivity index (χ2v) is 18.0. The van der Waals surface area contributed by atoms with Crippen LogP contribution in [0.25, 0.3) is 0 Å². The molecule has 5 rings (SSSR count). The maximum atomic E-state index is 14.5. The Morgan fingerprint density at radius 2 is 1.58 bits per heavy atom. The number of hydrogen-bond acceptors (Lipinski definition) is 14. The molecule has 0 aliphatic carbocycles. The summed E-state index contributed by atoms with van der Waals surface area (Å²) in [4.78, 5) is 43.3. The molecule has 0 radical (unpaired) electrons. The van der Waals surface area contributed by atoms with Crippen molar-refractivity contribution < 1.29 is 62.1 Å². The average molecular weight is 785 g/mol. The summed E-state index contributed by atoms with van der Waals surface area (Å²) in [5.74, 6) is -2.94. The van der Waals surface area contributed by atoms with E-state index in [2.05, 4.69) is 12.2 Å². The molecule has 0 saturated carbocycles. The number of esters is 1. The first-order chi connectivity index (χ1) is 25.6. The zero-order valence-corrected chi connectivity index (χ0v) is 35.4. The molecule has 15 nitrogen and oxygen atoms in total. The summed E-state index contributed by atoms with van der Waals surface area (Å²) in [6.07, 6.45) is -7.17. The van der Waals surface area contributed by atoms with Crippen LogP contribution < -0.4 is 5.32 Å². The number of carbonyl (C=O) groups is 3. The molecule has 19 atom stereocenters. The number of ether oxygens (including phenoxy) is 9. The van der Waals surface area contributed by atoms with E-state index in [1.165, 1.54) is 0 Å². The molecule has 316 valence electrons. The third-order valence-electron chi connectivity index (χ3n) is 13.8. The second kappa shape index (κ2) is 16.5. The molecular formula is C40H68N2O13. The molecule has 15 heteroatoms. The number of rotatable bonds is 7. The van der Waals surface area contributed by atoms with Gasteiger partial charge in [0.2, 0.25) is 0 Å². The number of aliphatic hydroxyl groups is 1. The normalized spacial score (nSPS) is 49.8. The lowest BCUT2D eigenvalue weighted by molar-refractivity contribution is -0.313. The van der Waals surface area contributed by atoms with E-state index >= 15 is 0 Å². The monoisotopic (exact) mass is 784 g/mol. The highest BCUT2D eigenvalue weighted by molar-refractivity contribution is 5.73. The first kappa shape index (κ1) is 43.8. The smallest absolute Gasteiger partial charge is 0.458 e. The number of nitrogens with one attached hydrogen (secondary N) is 1. The highest BCUT2D eigenvalue weighted by Crippen LogP contribution is 2.46. The van der Waals surface area contributed by atoms with Gasteiger partial charge in [0.15, 0.2) is 24.3 Å². The Balaban J connectivity index is 1.65. The maximum absolute atomic E-state index is 14.5. The van der Waals surface area contributed by atoms with Gasteiger partial charge in [-0.05, 0) is 80.8 Å². The average Bonchev–Trinajstić information content (AvgIpc) is 3.36. The number of amides is 1. The third-order valence-corrected chi connectivity index (χ3v) is 13.8. The van der Waals surface area contributed by atoms with Crippen molar-refractivity contribution in [2.75, 3.05) is 21.2 Å². The maximum Gasteiger partial charge on any atom is 0.509 e. The predicted molar refractivity (Wildman–Crippen MR) is 199 cm³/mol. The number of likely N-dealkylation sites (N-methyl/N-ethyl adjacent to an activating group) is 1. The minimum Gasteiger partial charge on any atom is -0.458 e. The second-order valence-electron chi connectivity index (χ2n) is 18.0. The molecule has 55 heavy (non-hydrogen) atoms. The zero-order chi connectivity index (χ0) is 40.9. The van der Waals surface area contributed by atoms with E-state index in [1.54, 1.807) is 21.0 Å².